The van der Waals surface area contributed by atoms with E-state index in [-0.39, 0.29) is 23.3 Å². The Morgan fingerprint density at radius 2 is 1.46 bits per heavy atom. The maximum Gasteiger partial charge on any atom is 0.345 e. The van der Waals surface area contributed by atoms with Crippen molar-refractivity contribution in [1.29, 1.82) is 0 Å². The van der Waals surface area contributed by atoms with Gasteiger partial charge in [0.2, 0.25) is 0 Å². The van der Waals surface area contributed by atoms with E-state index in [1.807, 2.05) is 0 Å². The SMILES string of the molecule is O=C(Oc1cc(I)c(S(=O)(=O)[O-])c(I)c1)c1c(Br)cc(Br)cc1Br. The number of benzene rings is 2. The number of carbonyl (C=O) groups is 1. The minimum Gasteiger partial charge on any atom is -0.744 e. The Balaban J connectivity index is 2.41. The van der Waals surface area contributed by atoms with Crippen molar-refractivity contribution < 1.29 is 22.5 Å². The summed E-state index contributed by atoms with van der Waals surface area (Å²) in [6, 6.07) is 6.04. The molecular weight excluding hydrogens is 762 g/mol. The number of carbonyl (C=O) groups excluding carboxylic acids is 1. The molecular formula is C13H4Br3I2O5S-. The van der Waals surface area contributed by atoms with E-state index < -0.39 is 16.1 Å². The van der Waals surface area contributed by atoms with Gasteiger partial charge in [-0.2, -0.15) is 0 Å². The Hall–Kier alpha value is 0.720. The molecule has 0 aliphatic carbocycles. The van der Waals surface area contributed by atoms with Crippen LogP contribution in [0.4, 0.5) is 0 Å². The fourth-order valence-electron chi connectivity index (χ4n) is 1.73. The molecule has 0 radical (unpaired) electrons. The van der Waals surface area contributed by atoms with Crippen molar-refractivity contribution in [2.24, 2.45) is 0 Å². The lowest BCUT2D eigenvalue weighted by Gasteiger charge is -2.14. The Morgan fingerprint density at radius 3 is 1.88 bits per heavy atom. The lowest BCUT2D eigenvalue weighted by Crippen LogP contribution is -2.12. The molecule has 0 spiro atoms. The number of rotatable bonds is 3. The van der Waals surface area contributed by atoms with Gasteiger partial charge in [-0.25, -0.2) is 13.2 Å². The standard InChI is InChI=1S/C13H5Br3I2O5S/c14-5-1-7(15)11(8(16)2-5)13(19)23-6-3-9(17)12(10(18)4-6)24(20,21)22/h1-4H,(H,20,21,22)/p-1. The van der Waals surface area contributed by atoms with E-state index in [1.54, 1.807) is 57.3 Å². The Morgan fingerprint density at radius 1 is 1.00 bits per heavy atom. The van der Waals surface area contributed by atoms with Gasteiger partial charge in [0.05, 0.1) is 10.5 Å². The smallest absolute Gasteiger partial charge is 0.345 e. The first kappa shape index (κ1) is 21.0. The van der Waals surface area contributed by atoms with Gasteiger partial charge in [-0.15, -0.1) is 0 Å². The van der Waals surface area contributed by atoms with Crippen LogP contribution in [-0.2, 0) is 10.1 Å². The van der Waals surface area contributed by atoms with Crippen LogP contribution in [0.15, 0.2) is 42.6 Å². The van der Waals surface area contributed by atoms with Gasteiger partial charge >= 0.3 is 5.97 Å². The van der Waals surface area contributed by atoms with Crippen molar-refractivity contribution in [3.05, 3.63) is 50.4 Å². The van der Waals surface area contributed by atoms with E-state index in [2.05, 4.69) is 47.8 Å². The van der Waals surface area contributed by atoms with Crippen molar-refractivity contribution in [2.75, 3.05) is 0 Å². The van der Waals surface area contributed by atoms with Crippen LogP contribution in [0.25, 0.3) is 0 Å². The molecule has 0 fully saturated rings. The molecule has 0 atom stereocenters. The summed E-state index contributed by atoms with van der Waals surface area (Å²) in [5.41, 5.74) is 0.281. The maximum atomic E-state index is 12.4. The van der Waals surface area contributed by atoms with E-state index >= 15 is 0 Å². The largest absolute Gasteiger partial charge is 0.744 e. The van der Waals surface area contributed by atoms with Gasteiger partial charge < -0.3 is 9.29 Å². The van der Waals surface area contributed by atoms with Crippen molar-refractivity contribution in [1.82, 2.24) is 0 Å². The Labute approximate surface area is 190 Å². The van der Waals surface area contributed by atoms with Crippen LogP contribution in [0, 0.1) is 7.14 Å². The molecule has 2 aromatic rings. The second-order valence-electron chi connectivity index (χ2n) is 4.30. The molecule has 0 saturated carbocycles. The second-order valence-corrected chi connectivity index (χ2v) is 10.6. The van der Waals surface area contributed by atoms with Crippen molar-refractivity contribution >= 4 is 109 Å². The highest BCUT2D eigenvalue weighted by molar-refractivity contribution is 14.1. The zero-order valence-electron chi connectivity index (χ0n) is 11.1. The summed E-state index contributed by atoms with van der Waals surface area (Å²) in [5.74, 6) is -0.492. The summed E-state index contributed by atoms with van der Waals surface area (Å²) in [4.78, 5) is 12.1. The van der Waals surface area contributed by atoms with E-state index in [1.165, 1.54) is 12.1 Å². The molecule has 0 bridgehead atoms. The predicted octanol–water partition coefficient (Wildman–Crippen LogP) is 5.31. The molecule has 2 aromatic carbocycles. The molecule has 0 heterocycles. The zero-order valence-corrected chi connectivity index (χ0v) is 21.0. The highest BCUT2D eigenvalue weighted by atomic mass is 127. The van der Waals surface area contributed by atoms with Crippen LogP contribution in [0.2, 0.25) is 0 Å². The van der Waals surface area contributed by atoms with E-state index in [0.717, 1.165) is 4.47 Å². The molecule has 11 heteroatoms. The minimum absolute atomic E-state index is 0.142. The first-order chi connectivity index (χ1) is 11.0. The average molecular weight is 766 g/mol. The zero-order chi connectivity index (χ0) is 18.2. The van der Waals surface area contributed by atoms with Crippen LogP contribution in [0.3, 0.4) is 0 Å². The number of halogens is 5. The number of hydrogen-bond acceptors (Lipinski definition) is 5. The third-order valence-electron chi connectivity index (χ3n) is 2.64. The van der Waals surface area contributed by atoms with Crippen LogP contribution in [-0.4, -0.2) is 18.9 Å². The first-order valence-corrected chi connectivity index (χ1v) is 11.8. The van der Waals surface area contributed by atoms with Gasteiger partial charge in [0.1, 0.15) is 15.9 Å². The monoisotopic (exact) mass is 763 g/mol. The third-order valence-corrected chi connectivity index (χ3v) is 7.73. The Bertz CT molecular complexity index is 901. The van der Waals surface area contributed by atoms with Crippen LogP contribution >= 0.6 is 93.0 Å². The maximum absolute atomic E-state index is 12.4. The van der Waals surface area contributed by atoms with Crippen molar-refractivity contribution in [3.63, 3.8) is 0 Å². The summed E-state index contributed by atoms with van der Waals surface area (Å²) in [7, 11) is -4.61. The summed E-state index contributed by atoms with van der Waals surface area (Å²) >= 11 is 13.3. The molecule has 0 aliphatic rings. The van der Waals surface area contributed by atoms with E-state index in [0.29, 0.717) is 8.95 Å². The average Bonchev–Trinajstić information content (AvgIpc) is 2.33. The van der Waals surface area contributed by atoms with Crippen molar-refractivity contribution in [3.8, 4) is 5.75 Å². The summed E-state index contributed by atoms with van der Waals surface area (Å²) < 4.78 is 41.3. The minimum atomic E-state index is -4.61. The second kappa shape index (κ2) is 8.17. The van der Waals surface area contributed by atoms with Crippen LogP contribution in [0.1, 0.15) is 10.4 Å². The molecule has 0 aromatic heterocycles. The van der Waals surface area contributed by atoms with Gasteiger partial charge in [0, 0.05) is 20.6 Å². The first-order valence-electron chi connectivity index (χ1n) is 5.82. The number of ether oxygens (including phenoxy) is 1. The highest BCUT2D eigenvalue weighted by Gasteiger charge is 2.20. The molecule has 0 saturated heterocycles. The van der Waals surface area contributed by atoms with Crippen LogP contribution < -0.4 is 4.74 Å². The summed E-state index contributed by atoms with van der Waals surface area (Å²) in [5, 5.41) is 0. The lowest BCUT2D eigenvalue weighted by atomic mass is 10.2. The van der Waals surface area contributed by atoms with Gasteiger partial charge in [-0.3, -0.25) is 0 Å². The van der Waals surface area contributed by atoms with Crippen molar-refractivity contribution in [2.45, 2.75) is 4.90 Å². The van der Waals surface area contributed by atoms with Gasteiger partial charge in [-0.1, -0.05) is 15.9 Å². The molecule has 0 unspecified atom stereocenters. The van der Waals surface area contributed by atoms with Gasteiger partial charge in [0.25, 0.3) is 0 Å². The summed E-state index contributed by atoms with van der Waals surface area (Å²) in [6.45, 7) is 0. The molecule has 5 nitrogen and oxygen atoms in total. The molecule has 24 heavy (non-hydrogen) atoms. The molecule has 0 amide bonds. The predicted molar refractivity (Wildman–Crippen MR) is 114 cm³/mol. The molecule has 0 aliphatic heterocycles. The van der Waals surface area contributed by atoms with E-state index in [4.69, 9.17) is 4.74 Å². The third kappa shape index (κ3) is 4.91. The highest BCUT2D eigenvalue weighted by Crippen LogP contribution is 2.33. The van der Waals surface area contributed by atoms with Gasteiger partial charge in [-0.05, 0) is 101 Å². The van der Waals surface area contributed by atoms with Gasteiger partial charge in [0.15, 0.2) is 0 Å². The lowest BCUT2D eigenvalue weighted by molar-refractivity contribution is 0.0732. The quantitative estimate of drug-likeness (QED) is 0.183. The fraction of sp³-hybridized carbons (Fsp3) is 0. The summed E-state index contributed by atoms with van der Waals surface area (Å²) in [6.07, 6.45) is 0. The fourth-order valence-corrected chi connectivity index (χ4v) is 8.24. The molecule has 128 valence electrons. The molecule has 0 N–H and O–H groups in total. The van der Waals surface area contributed by atoms with Crippen LogP contribution in [0.5, 0.6) is 5.75 Å². The topological polar surface area (TPSA) is 83.5 Å². The normalized spacial score (nSPS) is 11.4. The van der Waals surface area contributed by atoms with E-state index in [9.17, 15) is 17.8 Å². The number of esters is 1. The number of hydrogen-bond donors (Lipinski definition) is 0. The molecule has 2 rings (SSSR count). The Kier molecular flexibility index (Phi) is 7.15.